The van der Waals surface area contributed by atoms with Crippen molar-refractivity contribution in [3.05, 3.63) is 51.7 Å². The van der Waals surface area contributed by atoms with Gasteiger partial charge in [0, 0.05) is 42.8 Å². The number of aryl methyl sites for hydroxylation is 2. The molecule has 1 amide bonds. The van der Waals surface area contributed by atoms with Gasteiger partial charge in [-0.25, -0.2) is 4.98 Å². The lowest BCUT2D eigenvalue weighted by Crippen LogP contribution is -2.48. The first-order valence-corrected chi connectivity index (χ1v) is 8.08. The zero-order chi connectivity index (χ0) is 17.1. The fourth-order valence-corrected chi connectivity index (χ4v) is 2.99. The molecule has 2 aromatic heterocycles. The molecule has 2 N–H and O–H groups in total. The number of carbonyl (C=O) groups excluding carboxylic acids is 1. The summed E-state index contributed by atoms with van der Waals surface area (Å²) >= 11 is 0. The number of carbonyl (C=O) groups is 1. The summed E-state index contributed by atoms with van der Waals surface area (Å²) in [5, 5.41) is 3.06. The molecule has 1 aliphatic heterocycles. The molecule has 3 rings (SSSR count). The lowest BCUT2D eigenvalue weighted by atomic mass is 10.1. The SMILES string of the molecule is Cc1cc(=O)[nH]c(N2CCCC(NC(=O)c3cccnc3C)C2)n1. The zero-order valence-corrected chi connectivity index (χ0v) is 13.9. The molecular weight excluding hydrogens is 306 g/mol. The molecule has 0 aliphatic carbocycles. The summed E-state index contributed by atoms with van der Waals surface area (Å²) in [6.45, 7) is 5.05. The molecule has 7 heteroatoms. The smallest absolute Gasteiger partial charge is 0.253 e. The highest BCUT2D eigenvalue weighted by Gasteiger charge is 2.24. The van der Waals surface area contributed by atoms with Gasteiger partial charge < -0.3 is 10.2 Å². The average Bonchev–Trinajstić information content (AvgIpc) is 2.54. The molecule has 7 nitrogen and oxygen atoms in total. The third-order valence-electron chi connectivity index (χ3n) is 4.16. The van der Waals surface area contributed by atoms with Crippen LogP contribution in [0.25, 0.3) is 0 Å². The highest BCUT2D eigenvalue weighted by molar-refractivity contribution is 5.95. The molecule has 2 aromatic rings. The number of aromatic amines is 1. The van der Waals surface area contributed by atoms with Crippen molar-refractivity contribution in [1.29, 1.82) is 0 Å². The highest BCUT2D eigenvalue weighted by atomic mass is 16.1. The maximum Gasteiger partial charge on any atom is 0.253 e. The molecule has 1 saturated heterocycles. The van der Waals surface area contributed by atoms with Crippen molar-refractivity contribution in [3.8, 4) is 0 Å². The van der Waals surface area contributed by atoms with Crippen LogP contribution in [0.2, 0.25) is 0 Å². The van der Waals surface area contributed by atoms with Crippen molar-refractivity contribution in [1.82, 2.24) is 20.3 Å². The third kappa shape index (κ3) is 3.61. The number of nitrogens with one attached hydrogen (secondary N) is 2. The summed E-state index contributed by atoms with van der Waals surface area (Å²) in [6, 6.07) is 5.02. The van der Waals surface area contributed by atoms with E-state index in [4.69, 9.17) is 0 Å². The Morgan fingerprint density at radius 3 is 3.00 bits per heavy atom. The highest BCUT2D eigenvalue weighted by Crippen LogP contribution is 2.16. The number of piperidine rings is 1. The topological polar surface area (TPSA) is 91.0 Å². The van der Waals surface area contributed by atoms with Crippen LogP contribution in [0.1, 0.15) is 34.6 Å². The Kier molecular flexibility index (Phi) is 4.59. The predicted octanol–water partition coefficient (Wildman–Crippen LogP) is 1.18. The third-order valence-corrected chi connectivity index (χ3v) is 4.16. The van der Waals surface area contributed by atoms with Crippen LogP contribution in [0.5, 0.6) is 0 Å². The van der Waals surface area contributed by atoms with E-state index in [1.165, 1.54) is 6.07 Å². The zero-order valence-electron chi connectivity index (χ0n) is 13.9. The minimum atomic E-state index is -0.158. The van der Waals surface area contributed by atoms with Crippen LogP contribution in [0, 0.1) is 13.8 Å². The molecule has 0 spiro atoms. The van der Waals surface area contributed by atoms with E-state index in [-0.39, 0.29) is 17.5 Å². The summed E-state index contributed by atoms with van der Waals surface area (Å²) in [7, 11) is 0. The maximum atomic E-state index is 12.4. The van der Waals surface area contributed by atoms with Crippen LogP contribution >= 0.6 is 0 Å². The van der Waals surface area contributed by atoms with Gasteiger partial charge in [0.1, 0.15) is 0 Å². The number of amides is 1. The molecule has 1 unspecified atom stereocenters. The largest absolute Gasteiger partial charge is 0.347 e. The molecular formula is C17H21N5O2. The van der Waals surface area contributed by atoms with Gasteiger partial charge in [-0.1, -0.05) is 0 Å². The van der Waals surface area contributed by atoms with Crippen LogP contribution < -0.4 is 15.8 Å². The fourth-order valence-electron chi connectivity index (χ4n) is 2.99. The van der Waals surface area contributed by atoms with Gasteiger partial charge in [-0.2, -0.15) is 0 Å². The van der Waals surface area contributed by atoms with Crippen LogP contribution in [0.3, 0.4) is 0 Å². The van der Waals surface area contributed by atoms with Gasteiger partial charge in [0.05, 0.1) is 5.56 Å². The van der Waals surface area contributed by atoms with Crippen molar-refractivity contribution in [2.45, 2.75) is 32.7 Å². The van der Waals surface area contributed by atoms with Crippen molar-refractivity contribution in [2.24, 2.45) is 0 Å². The summed E-state index contributed by atoms with van der Waals surface area (Å²) in [4.78, 5) is 37.4. The molecule has 0 radical (unpaired) electrons. The Labute approximate surface area is 140 Å². The second-order valence-electron chi connectivity index (χ2n) is 6.11. The summed E-state index contributed by atoms with van der Waals surface area (Å²) in [6.07, 6.45) is 3.50. The maximum absolute atomic E-state index is 12.4. The van der Waals surface area contributed by atoms with Crippen LogP contribution in [0.4, 0.5) is 5.95 Å². The van der Waals surface area contributed by atoms with E-state index in [2.05, 4.69) is 20.3 Å². The molecule has 0 aromatic carbocycles. The molecule has 24 heavy (non-hydrogen) atoms. The second kappa shape index (κ2) is 6.82. The number of H-pyrrole nitrogens is 1. The summed E-state index contributed by atoms with van der Waals surface area (Å²) < 4.78 is 0. The lowest BCUT2D eigenvalue weighted by molar-refractivity contribution is 0.0932. The van der Waals surface area contributed by atoms with E-state index in [1.807, 2.05) is 11.8 Å². The molecule has 0 saturated carbocycles. The van der Waals surface area contributed by atoms with Gasteiger partial charge in [-0.15, -0.1) is 0 Å². The Hall–Kier alpha value is -2.70. The van der Waals surface area contributed by atoms with Crippen molar-refractivity contribution >= 4 is 11.9 Å². The van der Waals surface area contributed by atoms with Crippen LogP contribution in [-0.4, -0.2) is 40.0 Å². The number of rotatable bonds is 3. The first-order chi connectivity index (χ1) is 11.5. The van der Waals surface area contributed by atoms with Crippen molar-refractivity contribution < 1.29 is 4.79 Å². The fraction of sp³-hybridized carbons (Fsp3) is 0.412. The van der Waals surface area contributed by atoms with E-state index < -0.39 is 0 Å². The number of aromatic nitrogens is 3. The van der Waals surface area contributed by atoms with E-state index in [9.17, 15) is 9.59 Å². The number of pyridine rings is 1. The number of nitrogens with zero attached hydrogens (tertiary/aromatic N) is 3. The monoisotopic (exact) mass is 327 g/mol. The minimum Gasteiger partial charge on any atom is -0.347 e. The summed E-state index contributed by atoms with van der Waals surface area (Å²) in [5.41, 5.74) is 1.84. The van der Waals surface area contributed by atoms with E-state index in [0.717, 1.165) is 19.4 Å². The van der Waals surface area contributed by atoms with Crippen LogP contribution in [-0.2, 0) is 0 Å². The van der Waals surface area contributed by atoms with E-state index in [1.54, 1.807) is 25.3 Å². The van der Waals surface area contributed by atoms with Gasteiger partial charge in [-0.05, 0) is 38.8 Å². The molecule has 1 fully saturated rings. The van der Waals surface area contributed by atoms with Crippen molar-refractivity contribution in [3.63, 3.8) is 0 Å². The second-order valence-corrected chi connectivity index (χ2v) is 6.11. The number of hydrogen-bond acceptors (Lipinski definition) is 5. The van der Waals surface area contributed by atoms with Gasteiger partial charge >= 0.3 is 0 Å². The normalized spacial score (nSPS) is 17.6. The molecule has 3 heterocycles. The summed E-state index contributed by atoms with van der Waals surface area (Å²) in [5.74, 6) is 0.453. The number of hydrogen-bond donors (Lipinski definition) is 2. The lowest BCUT2D eigenvalue weighted by Gasteiger charge is -2.33. The Morgan fingerprint density at radius 1 is 1.42 bits per heavy atom. The standard InChI is InChI=1S/C17H21N5O2/c1-11-9-15(23)21-17(19-11)22-8-4-5-13(10-22)20-16(24)14-6-3-7-18-12(14)2/h3,6-7,9,13H,4-5,8,10H2,1-2H3,(H,20,24)(H,19,21,23). The van der Waals surface area contributed by atoms with Crippen LogP contribution in [0.15, 0.2) is 29.2 Å². The van der Waals surface area contributed by atoms with Gasteiger partial charge in [0.25, 0.3) is 11.5 Å². The average molecular weight is 327 g/mol. The predicted molar refractivity (Wildman–Crippen MR) is 91.3 cm³/mol. The van der Waals surface area contributed by atoms with Gasteiger partial charge in [0.15, 0.2) is 0 Å². The van der Waals surface area contributed by atoms with E-state index >= 15 is 0 Å². The molecule has 1 aliphatic rings. The minimum absolute atomic E-state index is 0.0108. The Morgan fingerprint density at radius 2 is 2.25 bits per heavy atom. The van der Waals surface area contributed by atoms with Crippen molar-refractivity contribution in [2.75, 3.05) is 18.0 Å². The van der Waals surface area contributed by atoms with E-state index in [0.29, 0.717) is 29.4 Å². The quantitative estimate of drug-likeness (QED) is 0.883. The molecule has 0 bridgehead atoms. The first-order valence-electron chi connectivity index (χ1n) is 8.08. The first kappa shape index (κ1) is 16.2. The Balaban J connectivity index is 1.71. The van der Waals surface area contributed by atoms with Gasteiger partial charge in [-0.3, -0.25) is 19.6 Å². The van der Waals surface area contributed by atoms with Gasteiger partial charge in [0.2, 0.25) is 5.95 Å². The number of anilines is 1. The Bertz CT molecular complexity index is 802. The molecule has 1 atom stereocenters. The molecule has 126 valence electrons.